The van der Waals surface area contributed by atoms with Gasteiger partial charge in [0.1, 0.15) is 5.75 Å². The first-order chi connectivity index (χ1) is 6.65. The number of rotatable bonds is 2. The molecule has 0 aliphatic heterocycles. The predicted octanol–water partition coefficient (Wildman–Crippen LogP) is 1.91. The van der Waals surface area contributed by atoms with E-state index < -0.39 is 5.76 Å². The van der Waals surface area contributed by atoms with E-state index in [1.54, 1.807) is 18.2 Å². The van der Waals surface area contributed by atoms with Crippen LogP contribution in [0.4, 0.5) is 0 Å². The van der Waals surface area contributed by atoms with E-state index in [0.717, 1.165) is 0 Å². The van der Waals surface area contributed by atoms with Crippen LogP contribution in [0.15, 0.2) is 27.4 Å². The van der Waals surface area contributed by atoms with E-state index in [2.05, 4.69) is 4.98 Å². The minimum Gasteiger partial charge on any atom is -0.491 e. The molecule has 0 saturated heterocycles. The van der Waals surface area contributed by atoms with Gasteiger partial charge in [0, 0.05) is 6.07 Å². The lowest BCUT2D eigenvalue weighted by Gasteiger charge is -2.08. The highest BCUT2D eigenvalue weighted by molar-refractivity contribution is 5.73. The van der Waals surface area contributed by atoms with Crippen LogP contribution in [0.2, 0.25) is 0 Å². The molecule has 1 aromatic carbocycles. The number of benzene rings is 1. The fraction of sp³-hybridized carbons (Fsp3) is 0.300. The third kappa shape index (κ3) is 1.64. The van der Waals surface area contributed by atoms with Crippen LogP contribution in [0, 0.1) is 0 Å². The zero-order valence-electron chi connectivity index (χ0n) is 8.03. The number of hydrogen-bond donors (Lipinski definition) is 1. The highest BCUT2D eigenvalue weighted by Gasteiger charge is 2.03. The fourth-order valence-corrected chi connectivity index (χ4v) is 1.27. The summed E-state index contributed by atoms with van der Waals surface area (Å²) in [6, 6.07) is 5.26. The Bertz CT molecular complexity index is 495. The summed E-state index contributed by atoms with van der Waals surface area (Å²) >= 11 is 0. The first kappa shape index (κ1) is 8.87. The molecule has 2 aromatic rings. The Morgan fingerprint density at radius 2 is 2.21 bits per heavy atom. The summed E-state index contributed by atoms with van der Waals surface area (Å²) in [6.45, 7) is 3.88. The maximum atomic E-state index is 10.9. The molecule has 1 N–H and O–H groups in total. The number of oxazole rings is 1. The number of ether oxygens (including phenoxy) is 1. The van der Waals surface area contributed by atoms with Gasteiger partial charge < -0.3 is 9.15 Å². The van der Waals surface area contributed by atoms with Gasteiger partial charge in [0.2, 0.25) is 0 Å². The number of aromatic amines is 1. The van der Waals surface area contributed by atoms with Crippen LogP contribution in [0.3, 0.4) is 0 Å². The maximum Gasteiger partial charge on any atom is 0.417 e. The van der Waals surface area contributed by atoms with Crippen LogP contribution in [-0.2, 0) is 0 Å². The van der Waals surface area contributed by atoms with E-state index >= 15 is 0 Å². The summed E-state index contributed by atoms with van der Waals surface area (Å²) in [5.41, 5.74) is 1.21. The van der Waals surface area contributed by atoms with Gasteiger partial charge in [0.05, 0.1) is 11.6 Å². The highest BCUT2D eigenvalue weighted by Crippen LogP contribution is 2.19. The molecule has 4 nitrogen and oxygen atoms in total. The average molecular weight is 193 g/mol. The minimum atomic E-state index is -0.443. The fourth-order valence-electron chi connectivity index (χ4n) is 1.27. The van der Waals surface area contributed by atoms with Crippen molar-refractivity contribution in [3.8, 4) is 5.75 Å². The molecule has 0 radical (unpaired) electrons. The normalized spacial score (nSPS) is 11.1. The molecule has 0 fully saturated rings. The molecule has 0 bridgehead atoms. The monoisotopic (exact) mass is 193 g/mol. The lowest BCUT2D eigenvalue weighted by Crippen LogP contribution is -2.04. The second-order valence-corrected chi connectivity index (χ2v) is 3.34. The van der Waals surface area contributed by atoms with Crippen molar-refractivity contribution in [2.24, 2.45) is 0 Å². The molecule has 0 amide bonds. The standard InChI is InChI=1S/C10H11NO3/c1-6(2)13-7-3-4-8-9(5-7)14-10(12)11-8/h3-6H,1-2H3,(H,11,12). The molecule has 2 rings (SSSR count). The Morgan fingerprint density at radius 1 is 1.43 bits per heavy atom. The van der Waals surface area contributed by atoms with Crippen molar-refractivity contribution in [1.82, 2.24) is 4.98 Å². The Kier molecular flexibility index (Phi) is 2.04. The summed E-state index contributed by atoms with van der Waals surface area (Å²) in [5.74, 6) is 0.261. The van der Waals surface area contributed by atoms with E-state index in [9.17, 15) is 4.79 Å². The van der Waals surface area contributed by atoms with Crippen molar-refractivity contribution < 1.29 is 9.15 Å². The van der Waals surface area contributed by atoms with Crippen LogP contribution in [0.1, 0.15) is 13.8 Å². The summed E-state index contributed by atoms with van der Waals surface area (Å²) in [5, 5.41) is 0. The van der Waals surface area contributed by atoms with Crippen molar-refractivity contribution in [2.75, 3.05) is 0 Å². The Hall–Kier alpha value is -1.71. The number of hydrogen-bond acceptors (Lipinski definition) is 3. The van der Waals surface area contributed by atoms with E-state index in [-0.39, 0.29) is 6.10 Å². The molecule has 0 aliphatic carbocycles. The van der Waals surface area contributed by atoms with E-state index in [1.807, 2.05) is 13.8 Å². The molecule has 1 heterocycles. The zero-order chi connectivity index (χ0) is 10.1. The van der Waals surface area contributed by atoms with Crippen LogP contribution in [0.5, 0.6) is 5.75 Å². The highest BCUT2D eigenvalue weighted by atomic mass is 16.5. The van der Waals surface area contributed by atoms with Gasteiger partial charge in [-0.15, -0.1) is 0 Å². The molecule has 4 heteroatoms. The van der Waals surface area contributed by atoms with Gasteiger partial charge in [0.25, 0.3) is 0 Å². The van der Waals surface area contributed by atoms with Crippen LogP contribution < -0.4 is 10.5 Å². The molecule has 0 spiro atoms. The predicted molar refractivity (Wildman–Crippen MR) is 52.6 cm³/mol. The lowest BCUT2D eigenvalue weighted by molar-refractivity contribution is 0.242. The van der Waals surface area contributed by atoms with Crippen molar-refractivity contribution >= 4 is 11.1 Å². The molecule has 0 aliphatic rings. The second-order valence-electron chi connectivity index (χ2n) is 3.34. The van der Waals surface area contributed by atoms with Crippen molar-refractivity contribution in [3.05, 3.63) is 28.7 Å². The van der Waals surface area contributed by atoms with Gasteiger partial charge >= 0.3 is 5.76 Å². The van der Waals surface area contributed by atoms with Gasteiger partial charge in [0.15, 0.2) is 5.58 Å². The Morgan fingerprint density at radius 3 is 2.93 bits per heavy atom. The number of aromatic nitrogens is 1. The van der Waals surface area contributed by atoms with Crippen LogP contribution >= 0.6 is 0 Å². The van der Waals surface area contributed by atoms with Crippen LogP contribution in [-0.4, -0.2) is 11.1 Å². The third-order valence-electron chi connectivity index (χ3n) is 1.76. The first-order valence-electron chi connectivity index (χ1n) is 4.44. The number of nitrogens with one attached hydrogen (secondary N) is 1. The van der Waals surface area contributed by atoms with Gasteiger partial charge in [-0.2, -0.15) is 0 Å². The average Bonchev–Trinajstić information content (AvgIpc) is 2.42. The minimum absolute atomic E-state index is 0.109. The lowest BCUT2D eigenvalue weighted by atomic mass is 10.3. The quantitative estimate of drug-likeness (QED) is 0.792. The largest absolute Gasteiger partial charge is 0.491 e. The molecule has 0 atom stereocenters. The van der Waals surface area contributed by atoms with Gasteiger partial charge in [-0.25, -0.2) is 4.79 Å². The molecule has 0 unspecified atom stereocenters. The summed E-state index contributed by atoms with van der Waals surface area (Å²) < 4.78 is 10.4. The molecular weight excluding hydrogens is 182 g/mol. The number of fused-ring (bicyclic) bond motifs is 1. The second kappa shape index (κ2) is 3.21. The molecule has 74 valence electrons. The van der Waals surface area contributed by atoms with Crippen LogP contribution in [0.25, 0.3) is 11.1 Å². The molecule has 0 saturated carbocycles. The zero-order valence-corrected chi connectivity index (χ0v) is 8.03. The number of H-pyrrole nitrogens is 1. The van der Waals surface area contributed by atoms with Gasteiger partial charge in [-0.1, -0.05) is 0 Å². The van der Waals surface area contributed by atoms with Gasteiger partial charge in [-0.3, -0.25) is 4.98 Å². The molecule has 1 aromatic heterocycles. The molecular formula is C10H11NO3. The first-order valence-corrected chi connectivity index (χ1v) is 4.44. The van der Waals surface area contributed by atoms with E-state index in [4.69, 9.17) is 9.15 Å². The Labute approximate surface area is 80.5 Å². The van der Waals surface area contributed by atoms with Crippen molar-refractivity contribution in [2.45, 2.75) is 20.0 Å². The third-order valence-corrected chi connectivity index (χ3v) is 1.76. The van der Waals surface area contributed by atoms with Crippen molar-refractivity contribution in [1.29, 1.82) is 0 Å². The smallest absolute Gasteiger partial charge is 0.417 e. The van der Waals surface area contributed by atoms with Gasteiger partial charge in [-0.05, 0) is 26.0 Å². The van der Waals surface area contributed by atoms with E-state index in [1.165, 1.54) is 0 Å². The topological polar surface area (TPSA) is 55.2 Å². The summed E-state index contributed by atoms with van der Waals surface area (Å²) in [6.07, 6.45) is 0.109. The maximum absolute atomic E-state index is 10.9. The summed E-state index contributed by atoms with van der Waals surface area (Å²) in [7, 11) is 0. The van der Waals surface area contributed by atoms with E-state index in [0.29, 0.717) is 16.8 Å². The Balaban J connectivity index is 2.45. The SMILES string of the molecule is CC(C)Oc1ccc2[nH]c(=O)oc2c1. The molecule has 14 heavy (non-hydrogen) atoms. The summed E-state index contributed by atoms with van der Waals surface area (Å²) in [4.78, 5) is 13.4. The van der Waals surface area contributed by atoms with Crippen molar-refractivity contribution in [3.63, 3.8) is 0 Å².